The molecular weight excluding hydrogens is 376 g/mol. The van der Waals surface area contributed by atoms with Crippen molar-refractivity contribution in [2.45, 2.75) is 63.4 Å². The van der Waals surface area contributed by atoms with Crippen LogP contribution in [0.4, 0.5) is 0 Å². The summed E-state index contributed by atoms with van der Waals surface area (Å²) in [6.07, 6.45) is 6.86. The van der Waals surface area contributed by atoms with Crippen LogP contribution in [-0.4, -0.2) is 38.3 Å². The SMILES string of the molecule is C#C[C@@H](O)[C@H]1CC[C@H](CCO[Si](c2ccccc2)(c2ccccc2)C(C)(C)C)O1. The standard InChI is InChI=1S/C25H32O3Si/c1-5-23(26)24-17-16-20(28-24)18-19-27-29(25(2,3)4,21-12-8-6-9-13-21)22-14-10-7-11-15-22/h1,6-15,20,23-24,26H,16-19H2,2-4H3/t20-,23-,24-/m1/s1. The van der Waals surface area contributed by atoms with Crippen LogP contribution in [0.15, 0.2) is 60.7 Å². The van der Waals surface area contributed by atoms with Crippen molar-refractivity contribution in [1.29, 1.82) is 0 Å². The second-order valence-electron chi connectivity index (χ2n) is 8.79. The van der Waals surface area contributed by atoms with Crippen LogP contribution in [0.5, 0.6) is 0 Å². The molecule has 3 atom stereocenters. The van der Waals surface area contributed by atoms with Gasteiger partial charge in [-0.2, -0.15) is 0 Å². The Hall–Kier alpha value is -1.90. The van der Waals surface area contributed by atoms with Crippen molar-refractivity contribution in [3.63, 3.8) is 0 Å². The van der Waals surface area contributed by atoms with Gasteiger partial charge in [-0.05, 0) is 34.7 Å². The fraction of sp³-hybridized carbons (Fsp3) is 0.440. The lowest BCUT2D eigenvalue weighted by molar-refractivity contribution is -0.0186. The van der Waals surface area contributed by atoms with E-state index in [-0.39, 0.29) is 17.2 Å². The minimum atomic E-state index is -2.50. The zero-order valence-corrected chi connectivity index (χ0v) is 18.7. The Kier molecular flexibility index (Phi) is 6.97. The van der Waals surface area contributed by atoms with Gasteiger partial charge in [0.15, 0.2) is 0 Å². The van der Waals surface area contributed by atoms with Crippen molar-refractivity contribution in [3.8, 4) is 12.3 Å². The van der Waals surface area contributed by atoms with E-state index in [9.17, 15) is 5.11 Å². The normalized spacial score (nSPS) is 20.9. The summed E-state index contributed by atoms with van der Waals surface area (Å²) in [5.41, 5.74) is 0. The van der Waals surface area contributed by atoms with Gasteiger partial charge in [0, 0.05) is 6.61 Å². The highest BCUT2D eigenvalue weighted by atomic mass is 28.4. The van der Waals surface area contributed by atoms with E-state index in [0.29, 0.717) is 6.61 Å². The summed E-state index contributed by atoms with van der Waals surface area (Å²) in [5.74, 6) is 2.38. The van der Waals surface area contributed by atoms with Gasteiger partial charge >= 0.3 is 0 Å². The fourth-order valence-corrected chi connectivity index (χ4v) is 8.97. The van der Waals surface area contributed by atoms with Gasteiger partial charge in [-0.25, -0.2) is 0 Å². The van der Waals surface area contributed by atoms with Gasteiger partial charge in [0.25, 0.3) is 8.32 Å². The smallest absolute Gasteiger partial charge is 0.261 e. The van der Waals surface area contributed by atoms with Crippen LogP contribution in [-0.2, 0) is 9.16 Å². The number of ether oxygens (including phenoxy) is 1. The van der Waals surface area contributed by atoms with Crippen molar-refractivity contribution < 1.29 is 14.3 Å². The Balaban J connectivity index is 1.83. The Labute approximate surface area is 176 Å². The van der Waals surface area contributed by atoms with E-state index in [4.69, 9.17) is 15.6 Å². The van der Waals surface area contributed by atoms with Gasteiger partial charge in [0.2, 0.25) is 0 Å². The van der Waals surface area contributed by atoms with Crippen LogP contribution in [0.25, 0.3) is 0 Å². The summed E-state index contributed by atoms with van der Waals surface area (Å²) in [7, 11) is -2.50. The van der Waals surface area contributed by atoms with Crippen molar-refractivity contribution in [2.24, 2.45) is 0 Å². The van der Waals surface area contributed by atoms with Crippen LogP contribution in [0.2, 0.25) is 5.04 Å². The number of hydrogen-bond acceptors (Lipinski definition) is 3. The second-order valence-corrected chi connectivity index (χ2v) is 13.1. The van der Waals surface area contributed by atoms with Gasteiger partial charge in [-0.1, -0.05) is 87.4 Å². The second kappa shape index (κ2) is 9.28. The average Bonchev–Trinajstić information content (AvgIpc) is 3.20. The molecule has 0 unspecified atom stereocenters. The molecule has 1 fully saturated rings. The molecular formula is C25H32O3Si. The first-order chi connectivity index (χ1) is 13.9. The quantitative estimate of drug-likeness (QED) is 0.563. The van der Waals surface area contributed by atoms with Crippen LogP contribution in [0.3, 0.4) is 0 Å². The molecule has 3 rings (SSSR count). The first-order valence-corrected chi connectivity index (χ1v) is 12.3. The Morgan fingerprint density at radius 3 is 2.10 bits per heavy atom. The minimum Gasteiger partial charge on any atom is -0.407 e. The lowest BCUT2D eigenvalue weighted by Crippen LogP contribution is -2.66. The number of terminal acetylenes is 1. The molecule has 1 saturated heterocycles. The van der Waals surface area contributed by atoms with Gasteiger partial charge in [0.05, 0.1) is 12.2 Å². The number of hydrogen-bond donors (Lipinski definition) is 1. The van der Waals surface area contributed by atoms with Crippen LogP contribution >= 0.6 is 0 Å². The van der Waals surface area contributed by atoms with E-state index in [0.717, 1.165) is 19.3 Å². The third-order valence-corrected chi connectivity index (χ3v) is 10.9. The van der Waals surface area contributed by atoms with Gasteiger partial charge in [-0.15, -0.1) is 6.42 Å². The van der Waals surface area contributed by atoms with Gasteiger partial charge in [0.1, 0.15) is 6.10 Å². The molecule has 1 N–H and O–H groups in total. The summed E-state index contributed by atoms with van der Waals surface area (Å²) < 4.78 is 12.9. The predicted molar refractivity (Wildman–Crippen MR) is 121 cm³/mol. The molecule has 154 valence electrons. The largest absolute Gasteiger partial charge is 0.407 e. The summed E-state index contributed by atoms with van der Waals surface area (Å²) in [6.45, 7) is 7.47. The maximum absolute atomic E-state index is 9.85. The van der Waals surface area contributed by atoms with E-state index in [2.05, 4.69) is 87.4 Å². The Bertz CT molecular complexity index is 768. The van der Waals surface area contributed by atoms with E-state index >= 15 is 0 Å². The lowest BCUT2D eigenvalue weighted by atomic mass is 10.1. The van der Waals surface area contributed by atoms with Crippen molar-refractivity contribution in [3.05, 3.63) is 60.7 Å². The highest BCUT2D eigenvalue weighted by Gasteiger charge is 2.50. The molecule has 0 bridgehead atoms. The molecule has 0 radical (unpaired) electrons. The number of rotatable bonds is 7. The zero-order valence-electron chi connectivity index (χ0n) is 17.7. The molecule has 2 aromatic carbocycles. The van der Waals surface area contributed by atoms with Gasteiger partial charge < -0.3 is 14.3 Å². The molecule has 1 aliphatic heterocycles. The Morgan fingerprint density at radius 1 is 1.07 bits per heavy atom. The highest BCUT2D eigenvalue weighted by molar-refractivity contribution is 6.99. The van der Waals surface area contributed by atoms with Crippen molar-refractivity contribution in [2.75, 3.05) is 6.61 Å². The zero-order chi connectivity index (χ0) is 20.9. The molecule has 2 aromatic rings. The van der Waals surface area contributed by atoms with Gasteiger partial charge in [-0.3, -0.25) is 0 Å². The maximum atomic E-state index is 9.85. The minimum absolute atomic E-state index is 0.0333. The maximum Gasteiger partial charge on any atom is 0.261 e. The first-order valence-electron chi connectivity index (χ1n) is 10.4. The van der Waals surface area contributed by atoms with Crippen LogP contribution in [0, 0.1) is 12.3 Å². The number of aliphatic hydroxyl groups is 1. The van der Waals surface area contributed by atoms with Crippen molar-refractivity contribution in [1.82, 2.24) is 0 Å². The van der Waals surface area contributed by atoms with E-state index in [1.165, 1.54) is 10.4 Å². The molecule has 0 aliphatic carbocycles. The molecule has 0 aromatic heterocycles. The van der Waals surface area contributed by atoms with Crippen LogP contribution < -0.4 is 10.4 Å². The van der Waals surface area contributed by atoms with E-state index in [1.807, 2.05) is 0 Å². The highest BCUT2D eigenvalue weighted by Crippen LogP contribution is 2.37. The molecule has 0 spiro atoms. The van der Waals surface area contributed by atoms with E-state index < -0.39 is 14.4 Å². The summed E-state index contributed by atoms with van der Waals surface area (Å²) in [6, 6.07) is 21.3. The van der Waals surface area contributed by atoms with E-state index in [1.54, 1.807) is 0 Å². The lowest BCUT2D eigenvalue weighted by Gasteiger charge is -2.43. The van der Waals surface area contributed by atoms with Crippen LogP contribution in [0.1, 0.15) is 40.0 Å². The molecule has 0 saturated carbocycles. The number of benzene rings is 2. The summed E-state index contributed by atoms with van der Waals surface area (Å²) >= 11 is 0. The third kappa shape index (κ3) is 4.65. The fourth-order valence-electron chi connectivity index (χ4n) is 4.39. The Morgan fingerprint density at radius 2 is 1.62 bits per heavy atom. The topological polar surface area (TPSA) is 38.7 Å². The average molecular weight is 409 g/mol. The molecule has 1 aliphatic rings. The predicted octanol–water partition coefficient (Wildman–Crippen LogP) is 3.49. The summed E-state index contributed by atoms with van der Waals surface area (Å²) in [5, 5.41) is 12.4. The third-order valence-electron chi connectivity index (χ3n) is 5.84. The molecule has 0 amide bonds. The molecule has 29 heavy (non-hydrogen) atoms. The first kappa shape index (κ1) is 21.8. The number of aliphatic hydroxyl groups excluding tert-OH is 1. The summed E-state index contributed by atoms with van der Waals surface area (Å²) in [4.78, 5) is 0. The molecule has 1 heterocycles. The molecule has 3 nitrogen and oxygen atoms in total. The molecule has 4 heteroatoms. The van der Waals surface area contributed by atoms with Crippen molar-refractivity contribution >= 4 is 18.7 Å². The monoisotopic (exact) mass is 408 g/mol.